The molecule has 0 amide bonds. The molecule has 19 heavy (non-hydrogen) atoms. The van der Waals surface area contributed by atoms with E-state index in [4.69, 9.17) is 0 Å². The van der Waals surface area contributed by atoms with Gasteiger partial charge in [0.05, 0.1) is 35.4 Å². The maximum Gasteiger partial charge on any atom is 0.0770 e. The van der Waals surface area contributed by atoms with Gasteiger partial charge in [-0.3, -0.25) is 0 Å². The van der Waals surface area contributed by atoms with Gasteiger partial charge in [-0.15, -0.1) is 0 Å². The lowest BCUT2D eigenvalue weighted by atomic mass is 10.1. The van der Waals surface area contributed by atoms with Crippen molar-refractivity contribution in [3.8, 4) is 0 Å². The number of nitrogens with zero attached hydrogens (tertiary/aromatic N) is 1. The highest BCUT2D eigenvalue weighted by molar-refractivity contribution is 7.93. The number of likely N-dealkylation sites (tertiary alicyclic amines) is 1. The zero-order valence-corrected chi connectivity index (χ0v) is 12.0. The summed E-state index contributed by atoms with van der Waals surface area (Å²) >= 11 is 0. The molecule has 0 bridgehead atoms. The van der Waals surface area contributed by atoms with E-state index in [0.717, 1.165) is 25.2 Å². The minimum atomic E-state index is -3.32. The molecule has 1 N–H and O–H groups in total. The first-order valence-corrected chi connectivity index (χ1v) is 8.55. The van der Waals surface area contributed by atoms with Crippen molar-refractivity contribution in [2.75, 3.05) is 26.2 Å². The standard InChI is InChI=1S/C14H21N2O2S/c17-19(18,13-14-7-3-1-4-8-14)15-9-12-16-10-5-2-6-11-16/h1,3-4,7-8H,2,5-6,9-13H2/q-1/p+1. The third-order valence-electron chi connectivity index (χ3n) is 3.51. The monoisotopic (exact) mass is 282 g/mol. The van der Waals surface area contributed by atoms with Crippen LogP contribution in [0.4, 0.5) is 0 Å². The van der Waals surface area contributed by atoms with Crippen LogP contribution in [0, 0.1) is 0 Å². The third-order valence-corrected chi connectivity index (χ3v) is 4.78. The molecule has 1 saturated heterocycles. The zero-order valence-electron chi connectivity index (χ0n) is 11.2. The van der Waals surface area contributed by atoms with E-state index in [2.05, 4.69) is 4.72 Å². The minimum Gasteiger partial charge on any atom is -0.544 e. The van der Waals surface area contributed by atoms with Gasteiger partial charge in [-0.05, 0) is 24.8 Å². The summed E-state index contributed by atoms with van der Waals surface area (Å²) in [7, 11) is -3.32. The van der Waals surface area contributed by atoms with E-state index >= 15 is 0 Å². The number of hydrogen-bond donors (Lipinski definition) is 1. The molecule has 0 aromatic heterocycles. The van der Waals surface area contributed by atoms with E-state index < -0.39 is 10.0 Å². The number of nitrogens with one attached hydrogen (secondary N) is 1. The second kappa shape index (κ2) is 7.03. The summed E-state index contributed by atoms with van der Waals surface area (Å²) in [5.41, 5.74) is 0.802. The molecular weight excluding hydrogens is 260 g/mol. The molecule has 1 aliphatic rings. The van der Waals surface area contributed by atoms with Crippen LogP contribution in [0.25, 0.3) is 4.72 Å². The Labute approximate surface area is 115 Å². The van der Waals surface area contributed by atoms with Crippen molar-refractivity contribution < 1.29 is 13.3 Å². The fourth-order valence-electron chi connectivity index (χ4n) is 2.48. The third kappa shape index (κ3) is 5.30. The molecule has 5 heteroatoms. The largest absolute Gasteiger partial charge is 0.544 e. The molecule has 106 valence electrons. The van der Waals surface area contributed by atoms with Gasteiger partial charge in [0, 0.05) is 0 Å². The molecule has 1 aromatic carbocycles. The Balaban J connectivity index is 1.74. The molecule has 0 spiro atoms. The fourth-order valence-corrected chi connectivity index (χ4v) is 3.55. The van der Waals surface area contributed by atoms with E-state index in [1.54, 1.807) is 0 Å². The summed E-state index contributed by atoms with van der Waals surface area (Å²) in [6, 6.07) is 9.23. The van der Waals surface area contributed by atoms with Gasteiger partial charge in [-0.2, -0.15) is 0 Å². The van der Waals surface area contributed by atoms with E-state index in [1.165, 1.54) is 24.2 Å². The molecule has 1 aliphatic heterocycles. The van der Waals surface area contributed by atoms with Gasteiger partial charge in [0.1, 0.15) is 0 Å². The van der Waals surface area contributed by atoms with Crippen LogP contribution in [0.1, 0.15) is 24.8 Å². The lowest BCUT2D eigenvalue weighted by molar-refractivity contribution is -0.903. The molecule has 0 saturated carbocycles. The maximum absolute atomic E-state index is 11.9. The zero-order chi connectivity index (χ0) is 13.6. The van der Waals surface area contributed by atoms with Gasteiger partial charge in [-0.1, -0.05) is 36.9 Å². The number of rotatable bonds is 6. The Morgan fingerprint density at radius 1 is 1.05 bits per heavy atom. The number of piperidine rings is 1. The molecule has 2 rings (SSSR count). The highest BCUT2D eigenvalue weighted by atomic mass is 32.2. The molecule has 1 aromatic rings. The second-order valence-corrected chi connectivity index (χ2v) is 6.84. The van der Waals surface area contributed by atoms with Gasteiger partial charge in [0.15, 0.2) is 0 Å². The Morgan fingerprint density at radius 3 is 2.42 bits per heavy atom. The highest BCUT2D eigenvalue weighted by Gasteiger charge is 2.11. The molecule has 1 fully saturated rings. The number of benzene rings is 1. The van der Waals surface area contributed by atoms with Crippen molar-refractivity contribution in [2.45, 2.75) is 25.0 Å². The molecule has 0 radical (unpaired) electrons. The average Bonchev–Trinajstić information content (AvgIpc) is 2.40. The molecule has 0 atom stereocenters. The smallest absolute Gasteiger partial charge is 0.0770 e. The van der Waals surface area contributed by atoms with Crippen molar-refractivity contribution >= 4 is 10.0 Å². The Hall–Kier alpha value is -0.910. The lowest BCUT2D eigenvalue weighted by Crippen LogP contribution is -3.13. The Bertz CT molecular complexity index is 467. The van der Waals surface area contributed by atoms with Crippen molar-refractivity contribution in [1.29, 1.82) is 0 Å². The fraction of sp³-hybridized carbons (Fsp3) is 0.571. The molecule has 0 unspecified atom stereocenters. The summed E-state index contributed by atoms with van der Waals surface area (Å²) < 4.78 is 27.6. The first-order valence-electron chi connectivity index (χ1n) is 6.95. The molecule has 4 nitrogen and oxygen atoms in total. The lowest BCUT2D eigenvalue weighted by Gasteiger charge is -2.27. The minimum absolute atomic E-state index is 0.0170. The summed E-state index contributed by atoms with van der Waals surface area (Å²) in [6.45, 7) is 3.58. The molecule has 0 aliphatic carbocycles. The van der Waals surface area contributed by atoms with Crippen LogP contribution in [-0.4, -0.2) is 34.6 Å². The van der Waals surface area contributed by atoms with Gasteiger partial charge in [0.2, 0.25) is 0 Å². The quantitative estimate of drug-likeness (QED) is 0.845. The number of sulfonamides is 1. The van der Waals surface area contributed by atoms with Crippen molar-refractivity contribution in [3.05, 3.63) is 40.6 Å². The normalized spacial score (nSPS) is 17.5. The van der Waals surface area contributed by atoms with E-state index in [-0.39, 0.29) is 5.75 Å². The van der Waals surface area contributed by atoms with E-state index in [1.807, 2.05) is 30.3 Å². The summed E-state index contributed by atoms with van der Waals surface area (Å²) in [5, 5.41) is 0. The topological polar surface area (TPSA) is 52.7 Å². The van der Waals surface area contributed by atoms with E-state index in [9.17, 15) is 8.42 Å². The maximum atomic E-state index is 11.9. The Morgan fingerprint density at radius 2 is 1.74 bits per heavy atom. The predicted molar refractivity (Wildman–Crippen MR) is 76.7 cm³/mol. The predicted octanol–water partition coefficient (Wildman–Crippen LogP) is 0.959. The number of hydrogen-bond acceptors (Lipinski definition) is 2. The molecule has 1 heterocycles. The average molecular weight is 282 g/mol. The van der Waals surface area contributed by atoms with E-state index in [0.29, 0.717) is 6.54 Å². The van der Waals surface area contributed by atoms with Gasteiger partial charge in [-0.25, -0.2) is 8.42 Å². The first kappa shape index (κ1) is 14.5. The van der Waals surface area contributed by atoms with Crippen LogP contribution in [0.3, 0.4) is 0 Å². The van der Waals surface area contributed by atoms with Crippen molar-refractivity contribution in [1.82, 2.24) is 0 Å². The van der Waals surface area contributed by atoms with Gasteiger partial charge >= 0.3 is 0 Å². The van der Waals surface area contributed by atoms with Crippen LogP contribution in [0.2, 0.25) is 0 Å². The van der Waals surface area contributed by atoms with Crippen LogP contribution in [-0.2, 0) is 15.8 Å². The number of quaternary nitrogens is 1. The SMILES string of the molecule is O=S(=O)(Cc1ccccc1)[N-]CC[NH+]1CCCCC1. The summed E-state index contributed by atoms with van der Waals surface area (Å²) in [6.07, 6.45) is 3.82. The van der Waals surface area contributed by atoms with Gasteiger partial charge < -0.3 is 9.62 Å². The summed E-state index contributed by atoms with van der Waals surface area (Å²) in [4.78, 5) is 1.49. The highest BCUT2D eigenvalue weighted by Crippen LogP contribution is 2.10. The van der Waals surface area contributed by atoms with Crippen LogP contribution >= 0.6 is 0 Å². The second-order valence-electron chi connectivity index (χ2n) is 5.13. The molecular formula is C14H22N2O2S. The van der Waals surface area contributed by atoms with Crippen LogP contribution < -0.4 is 4.90 Å². The Kier molecular flexibility index (Phi) is 5.36. The first-order chi connectivity index (χ1) is 9.16. The van der Waals surface area contributed by atoms with Crippen molar-refractivity contribution in [3.63, 3.8) is 0 Å². The van der Waals surface area contributed by atoms with Crippen LogP contribution in [0.15, 0.2) is 30.3 Å². The van der Waals surface area contributed by atoms with Crippen LogP contribution in [0.5, 0.6) is 0 Å². The van der Waals surface area contributed by atoms with Crippen molar-refractivity contribution in [2.24, 2.45) is 0 Å². The van der Waals surface area contributed by atoms with Gasteiger partial charge in [0.25, 0.3) is 0 Å². The summed E-state index contributed by atoms with van der Waals surface area (Å²) in [5.74, 6) is 0.0170.